The molecule has 0 aliphatic rings. The van der Waals surface area contributed by atoms with Crippen molar-refractivity contribution in [1.82, 2.24) is 4.98 Å². The molecular weight excluding hydrogens is 248 g/mol. The van der Waals surface area contributed by atoms with Crippen LogP contribution >= 0.6 is 0 Å². The molecule has 1 heterocycles. The number of oxazole rings is 1. The lowest BCUT2D eigenvalue weighted by Gasteiger charge is -2.03. The van der Waals surface area contributed by atoms with Crippen LogP contribution in [0.25, 0.3) is 0 Å². The number of esters is 1. The van der Waals surface area contributed by atoms with Crippen molar-refractivity contribution in [1.29, 1.82) is 0 Å². The molecule has 0 radical (unpaired) electrons. The smallest absolute Gasteiger partial charge is 0.308 e. The lowest BCUT2D eigenvalue weighted by atomic mass is 10.3. The number of nitrogens with one attached hydrogen (secondary N) is 1. The number of methoxy groups -OCH3 is 1. The highest BCUT2D eigenvalue weighted by Gasteiger charge is 2.14. The normalized spacial score (nSPS) is 11.2. The van der Waals surface area contributed by atoms with Crippen LogP contribution in [0, 0.1) is 6.92 Å². The van der Waals surface area contributed by atoms with E-state index in [4.69, 9.17) is 4.42 Å². The monoisotopic (exact) mass is 262 g/mol. The highest BCUT2D eigenvalue weighted by Crippen LogP contribution is 2.09. The minimum atomic E-state index is -3.54. The van der Waals surface area contributed by atoms with Gasteiger partial charge < -0.3 is 9.15 Å². The molecule has 0 fully saturated rings. The Morgan fingerprint density at radius 3 is 2.82 bits per heavy atom. The van der Waals surface area contributed by atoms with Crippen molar-refractivity contribution in [3.63, 3.8) is 0 Å². The average molecular weight is 262 g/mol. The third kappa shape index (κ3) is 4.85. The number of ether oxygens (including phenoxy) is 1. The van der Waals surface area contributed by atoms with Gasteiger partial charge in [-0.3, -0.25) is 4.79 Å². The number of hydrogen-bond donors (Lipinski definition) is 1. The van der Waals surface area contributed by atoms with Gasteiger partial charge in [0.2, 0.25) is 10.0 Å². The summed E-state index contributed by atoms with van der Waals surface area (Å²) in [4.78, 5) is 14.6. The molecule has 0 saturated carbocycles. The van der Waals surface area contributed by atoms with Crippen molar-refractivity contribution in [3.05, 3.63) is 12.0 Å². The molecule has 1 N–H and O–H groups in total. The topological polar surface area (TPSA) is 98.5 Å². The number of carbonyl (C=O) groups is 1. The van der Waals surface area contributed by atoms with Gasteiger partial charge in [0.05, 0.1) is 18.6 Å². The molecule has 0 bridgehead atoms. The predicted molar refractivity (Wildman–Crippen MR) is 59.9 cm³/mol. The number of sulfonamides is 1. The second-order valence-corrected chi connectivity index (χ2v) is 5.24. The largest absolute Gasteiger partial charge is 0.469 e. The molecule has 0 spiro atoms. The van der Waals surface area contributed by atoms with Crippen LogP contribution in [0.2, 0.25) is 0 Å². The maximum Gasteiger partial charge on any atom is 0.308 e. The Morgan fingerprint density at radius 1 is 1.59 bits per heavy atom. The summed E-state index contributed by atoms with van der Waals surface area (Å²) in [6.07, 6.45) is 1.58. The van der Waals surface area contributed by atoms with Gasteiger partial charge in [0, 0.05) is 6.42 Å². The summed E-state index contributed by atoms with van der Waals surface area (Å²) in [5.74, 6) is -0.629. The van der Waals surface area contributed by atoms with E-state index >= 15 is 0 Å². The van der Waals surface area contributed by atoms with Crippen molar-refractivity contribution in [3.8, 4) is 0 Å². The molecule has 0 unspecified atom stereocenters. The zero-order valence-corrected chi connectivity index (χ0v) is 10.4. The first-order valence-corrected chi connectivity index (χ1v) is 6.57. The molecule has 1 aromatic rings. The Hall–Kier alpha value is -1.57. The number of rotatable bonds is 6. The van der Waals surface area contributed by atoms with E-state index < -0.39 is 16.0 Å². The number of aryl methyl sites for hydroxylation is 1. The van der Waals surface area contributed by atoms with Crippen LogP contribution in [0.1, 0.15) is 18.5 Å². The first kappa shape index (κ1) is 13.5. The van der Waals surface area contributed by atoms with Crippen LogP contribution in [-0.2, 0) is 19.6 Å². The first-order valence-electron chi connectivity index (χ1n) is 4.92. The van der Waals surface area contributed by atoms with Gasteiger partial charge in [-0.25, -0.2) is 13.1 Å². The van der Waals surface area contributed by atoms with Crippen LogP contribution in [-0.4, -0.2) is 32.2 Å². The molecule has 0 saturated heterocycles. The number of carbonyl (C=O) groups excluding carboxylic acids is 1. The SMILES string of the molecule is COC(=O)CCCS(=O)(=O)Nc1nc(C)co1. The number of hydrogen-bond acceptors (Lipinski definition) is 6. The summed E-state index contributed by atoms with van der Waals surface area (Å²) < 4.78 is 34.5. The van der Waals surface area contributed by atoms with E-state index in [-0.39, 0.29) is 24.6 Å². The van der Waals surface area contributed by atoms with Crippen LogP contribution < -0.4 is 4.72 Å². The maximum atomic E-state index is 11.5. The van der Waals surface area contributed by atoms with Gasteiger partial charge in [-0.05, 0) is 13.3 Å². The van der Waals surface area contributed by atoms with E-state index in [1.807, 2.05) is 0 Å². The molecule has 17 heavy (non-hydrogen) atoms. The highest BCUT2D eigenvalue weighted by molar-refractivity contribution is 7.92. The summed E-state index contributed by atoms with van der Waals surface area (Å²) in [5, 5.41) is 0. The third-order valence-corrected chi connectivity index (χ3v) is 3.20. The van der Waals surface area contributed by atoms with Crippen molar-refractivity contribution in [2.75, 3.05) is 17.6 Å². The second-order valence-electron chi connectivity index (χ2n) is 3.39. The van der Waals surface area contributed by atoms with Gasteiger partial charge in [-0.1, -0.05) is 0 Å². The molecule has 0 atom stereocenters. The third-order valence-electron chi connectivity index (χ3n) is 1.88. The van der Waals surface area contributed by atoms with Gasteiger partial charge in [-0.15, -0.1) is 0 Å². The van der Waals surface area contributed by atoms with E-state index in [2.05, 4.69) is 14.4 Å². The van der Waals surface area contributed by atoms with E-state index in [0.717, 1.165) is 0 Å². The molecule has 0 aliphatic carbocycles. The molecule has 96 valence electrons. The molecule has 1 rings (SSSR count). The zero-order chi connectivity index (χ0) is 12.9. The Morgan fingerprint density at radius 2 is 2.29 bits per heavy atom. The second kappa shape index (κ2) is 5.67. The fourth-order valence-electron chi connectivity index (χ4n) is 1.09. The van der Waals surface area contributed by atoms with Gasteiger partial charge >= 0.3 is 12.0 Å². The molecule has 0 aliphatic heterocycles. The van der Waals surface area contributed by atoms with Crippen molar-refractivity contribution in [2.24, 2.45) is 0 Å². The van der Waals surface area contributed by atoms with Gasteiger partial charge in [0.25, 0.3) is 0 Å². The van der Waals surface area contributed by atoms with Crippen LogP contribution in [0.15, 0.2) is 10.7 Å². The molecule has 7 nitrogen and oxygen atoms in total. The molecule has 0 amide bonds. The Bertz CT molecular complexity index is 479. The van der Waals surface area contributed by atoms with E-state index in [1.165, 1.54) is 13.4 Å². The molecular formula is C9H14N2O5S. The van der Waals surface area contributed by atoms with E-state index in [9.17, 15) is 13.2 Å². The zero-order valence-electron chi connectivity index (χ0n) is 9.60. The Kier molecular flexibility index (Phi) is 4.50. The molecule has 8 heteroatoms. The fraction of sp³-hybridized carbons (Fsp3) is 0.556. The number of nitrogens with zero attached hydrogens (tertiary/aromatic N) is 1. The van der Waals surface area contributed by atoms with Gasteiger partial charge in [0.15, 0.2) is 0 Å². The quantitative estimate of drug-likeness (QED) is 0.757. The van der Waals surface area contributed by atoms with Crippen molar-refractivity contribution >= 4 is 22.0 Å². The standard InChI is InChI=1S/C9H14N2O5S/c1-7-6-16-9(10-7)11-17(13,14)5-3-4-8(12)15-2/h6H,3-5H2,1-2H3,(H,10,11). The number of aromatic nitrogens is 1. The van der Waals surface area contributed by atoms with Crippen LogP contribution in [0.3, 0.4) is 0 Å². The Labute approximate surface area is 99.2 Å². The number of anilines is 1. The summed E-state index contributed by atoms with van der Waals surface area (Å²) in [5.41, 5.74) is 0.581. The molecule has 0 aromatic carbocycles. The van der Waals surface area contributed by atoms with Crippen molar-refractivity contribution < 1.29 is 22.4 Å². The lowest BCUT2D eigenvalue weighted by molar-refractivity contribution is -0.140. The van der Waals surface area contributed by atoms with Crippen LogP contribution in [0.4, 0.5) is 6.01 Å². The minimum Gasteiger partial charge on any atom is -0.469 e. The average Bonchev–Trinajstić information content (AvgIpc) is 2.62. The summed E-state index contributed by atoms with van der Waals surface area (Å²) in [6.45, 7) is 1.68. The van der Waals surface area contributed by atoms with Gasteiger partial charge in [0.1, 0.15) is 6.26 Å². The molecule has 1 aromatic heterocycles. The highest BCUT2D eigenvalue weighted by atomic mass is 32.2. The van der Waals surface area contributed by atoms with E-state index in [0.29, 0.717) is 5.69 Å². The van der Waals surface area contributed by atoms with E-state index in [1.54, 1.807) is 6.92 Å². The lowest BCUT2D eigenvalue weighted by Crippen LogP contribution is -2.17. The Balaban J connectivity index is 2.44. The fourth-order valence-corrected chi connectivity index (χ4v) is 2.08. The predicted octanol–water partition coefficient (Wildman–Crippen LogP) is 0.678. The minimum absolute atomic E-state index is 0.0576. The summed E-state index contributed by atoms with van der Waals surface area (Å²) in [6, 6.07) is -0.0689. The maximum absolute atomic E-state index is 11.5. The van der Waals surface area contributed by atoms with Gasteiger partial charge in [-0.2, -0.15) is 4.98 Å². The first-order chi connectivity index (χ1) is 7.93. The summed E-state index contributed by atoms with van der Waals surface area (Å²) >= 11 is 0. The van der Waals surface area contributed by atoms with Crippen molar-refractivity contribution in [2.45, 2.75) is 19.8 Å². The van der Waals surface area contributed by atoms with Crippen LogP contribution in [0.5, 0.6) is 0 Å². The summed E-state index contributed by atoms with van der Waals surface area (Å²) in [7, 11) is -2.28.